The second kappa shape index (κ2) is 4.88. The van der Waals surface area contributed by atoms with E-state index < -0.39 is 17.2 Å². The standard InChI is InChI=1S/C14H16ClFO2/c1-9-5-6-14(7-9,13(17)18)8-10-11(15)3-2-4-12(10)16/h2-4,9H,5-8H2,1H3,(H,17,18). The molecule has 1 N–H and O–H groups in total. The Hall–Kier alpha value is -1.09. The number of carboxylic acids is 1. The zero-order chi connectivity index (χ0) is 13.3. The summed E-state index contributed by atoms with van der Waals surface area (Å²) in [5.41, 5.74) is -0.527. The van der Waals surface area contributed by atoms with E-state index in [1.807, 2.05) is 6.92 Å². The molecule has 1 fully saturated rings. The summed E-state index contributed by atoms with van der Waals surface area (Å²) >= 11 is 5.98. The Bertz CT molecular complexity index is 455. The van der Waals surface area contributed by atoms with Crippen molar-refractivity contribution in [2.75, 3.05) is 0 Å². The molecule has 2 atom stereocenters. The molecule has 2 nitrogen and oxygen atoms in total. The molecule has 0 heterocycles. The van der Waals surface area contributed by atoms with E-state index in [1.165, 1.54) is 12.1 Å². The number of halogens is 2. The zero-order valence-corrected chi connectivity index (χ0v) is 11.0. The van der Waals surface area contributed by atoms with E-state index in [0.717, 1.165) is 6.42 Å². The van der Waals surface area contributed by atoms with E-state index in [1.54, 1.807) is 6.07 Å². The van der Waals surface area contributed by atoms with Gasteiger partial charge in [-0.15, -0.1) is 0 Å². The molecule has 18 heavy (non-hydrogen) atoms. The van der Waals surface area contributed by atoms with E-state index in [0.29, 0.717) is 29.3 Å². The molecule has 1 aromatic rings. The Morgan fingerprint density at radius 1 is 1.61 bits per heavy atom. The SMILES string of the molecule is CC1CCC(Cc2c(F)cccc2Cl)(C(=O)O)C1. The van der Waals surface area contributed by atoms with E-state index >= 15 is 0 Å². The third-order valence-electron chi connectivity index (χ3n) is 3.89. The van der Waals surface area contributed by atoms with Crippen LogP contribution in [-0.4, -0.2) is 11.1 Å². The van der Waals surface area contributed by atoms with E-state index in [4.69, 9.17) is 11.6 Å². The van der Waals surface area contributed by atoms with Crippen LogP contribution in [0.1, 0.15) is 31.7 Å². The molecule has 0 bridgehead atoms. The maximum Gasteiger partial charge on any atom is 0.309 e. The van der Waals surface area contributed by atoms with Gasteiger partial charge in [-0.05, 0) is 43.7 Å². The molecule has 0 aromatic heterocycles. The molecule has 2 rings (SSSR count). The van der Waals surface area contributed by atoms with Crippen molar-refractivity contribution in [1.29, 1.82) is 0 Å². The number of hydrogen-bond acceptors (Lipinski definition) is 1. The highest BCUT2D eigenvalue weighted by molar-refractivity contribution is 6.31. The molecular formula is C14H16ClFO2. The third-order valence-corrected chi connectivity index (χ3v) is 4.24. The van der Waals surface area contributed by atoms with Crippen LogP contribution in [-0.2, 0) is 11.2 Å². The average Bonchev–Trinajstić information content (AvgIpc) is 2.67. The molecule has 98 valence electrons. The van der Waals surface area contributed by atoms with Crippen molar-refractivity contribution in [3.8, 4) is 0 Å². The number of hydrogen-bond donors (Lipinski definition) is 1. The largest absolute Gasteiger partial charge is 0.481 e. The lowest BCUT2D eigenvalue weighted by molar-refractivity contribution is -0.148. The Kier molecular flexibility index (Phi) is 3.62. The molecule has 1 aromatic carbocycles. The van der Waals surface area contributed by atoms with Crippen LogP contribution in [0.3, 0.4) is 0 Å². The van der Waals surface area contributed by atoms with Gasteiger partial charge in [0, 0.05) is 10.6 Å². The van der Waals surface area contributed by atoms with Crippen LogP contribution in [0, 0.1) is 17.2 Å². The van der Waals surface area contributed by atoms with Crippen LogP contribution in [0.2, 0.25) is 5.02 Å². The van der Waals surface area contributed by atoms with Crippen molar-refractivity contribution in [3.05, 3.63) is 34.6 Å². The van der Waals surface area contributed by atoms with E-state index in [2.05, 4.69) is 0 Å². The van der Waals surface area contributed by atoms with Crippen molar-refractivity contribution in [2.45, 2.75) is 32.6 Å². The van der Waals surface area contributed by atoms with Gasteiger partial charge in [-0.25, -0.2) is 4.39 Å². The average molecular weight is 271 g/mol. The van der Waals surface area contributed by atoms with Gasteiger partial charge >= 0.3 is 5.97 Å². The Balaban J connectivity index is 2.33. The summed E-state index contributed by atoms with van der Waals surface area (Å²) in [5, 5.41) is 9.77. The van der Waals surface area contributed by atoms with Gasteiger partial charge in [0.1, 0.15) is 5.82 Å². The zero-order valence-electron chi connectivity index (χ0n) is 10.2. The predicted molar refractivity (Wildman–Crippen MR) is 68.2 cm³/mol. The van der Waals surface area contributed by atoms with E-state index in [-0.39, 0.29) is 6.42 Å². The maximum absolute atomic E-state index is 13.8. The molecule has 1 aliphatic carbocycles. The molecule has 0 radical (unpaired) electrons. The van der Waals surface area contributed by atoms with Crippen LogP contribution in [0.15, 0.2) is 18.2 Å². The first kappa shape index (κ1) is 13.3. The Morgan fingerprint density at radius 3 is 2.83 bits per heavy atom. The number of aliphatic carboxylic acids is 1. The minimum Gasteiger partial charge on any atom is -0.481 e. The van der Waals surface area contributed by atoms with Crippen molar-refractivity contribution in [2.24, 2.45) is 11.3 Å². The molecular weight excluding hydrogens is 255 g/mol. The van der Waals surface area contributed by atoms with Crippen molar-refractivity contribution in [1.82, 2.24) is 0 Å². The topological polar surface area (TPSA) is 37.3 Å². The number of carbonyl (C=O) groups is 1. The monoisotopic (exact) mass is 270 g/mol. The van der Waals surface area contributed by atoms with Gasteiger partial charge in [-0.1, -0.05) is 24.6 Å². The first-order chi connectivity index (χ1) is 8.44. The van der Waals surface area contributed by atoms with Gasteiger partial charge in [-0.2, -0.15) is 0 Å². The van der Waals surface area contributed by atoms with Gasteiger partial charge in [-0.3, -0.25) is 4.79 Å². The summed E-state index contributed by atoms with van der Waals surface area (Å²) in [6.07, 6.45) is 2.23. The van der Waals surface area contributed by atoms with Gasteiger partial charge in [0.05, 0.1) is 5.41 Å². The summed E-state index contributed by atoms with van der Waals surface area (Å²) < 4.78 is 13.8. The summed E-state index contributed by atoms with van der Waals surface area (Å²) in [4.78, 5) is 11.5. The molecule has 1 saturated carbocycles. The first-order valence-corrected chi connectivity index (χ1v) is 6.49. The fourth-order valence-corrected chi connectivity index (χ4v) is 3.09. The highest BCUT2D eigenvalue weighted by atomic mass is 35.5. The van der Waals surface area contributed by atoms with Crippen LogP contribution in [0.25, 0.3) is 0 Å². The normalized spacial score (nSPS) is 27.4. The quantitative estimate of drug-likeness (QED) is 0.904. The van der Waals surface area contributed by atoms with Gasteiger partial charge < -0.3 is 5.11 Å². The number of carboxylic acid groups (broad SMARTS) is 1. The Morgan fingerprint density at radius 2 is 2.33 bits per heavy atom. The highest BCUT2D eigenvalue weighted by Crippen LogP contribution is 2.45. The molecule has 0 amide bonds. The lowest BCUT2D eigenvalue weighted by atomic mass is 9.79. The molecule has 0 aliphatic heterocycles. The molecule has 2 unspecified atom stereocenters. The maximum atomic E-state index is 13.8. The predicted octanol–water partition coefficient (Wildman–Crippen LogP) is 3.91. The molecule has 0 saturated heterocycles. The van der Waals surface area contributed by atoms with Crippen LogP contribution < -0.4 is 0 Å². The van der Waals surface area contributed by atoms with Crippen LogP contribution in [0.5, 0.6) is 0 Å². The fraction of sp³-hybridized carbons (Fsp3) is 0.500. The lowest BCUT2D eigenvalue weighted by Crippen LogP contribution is -2.31. The minimum absolute atomic E-state index is 0.179. The summed E-state index contributed by atoms with van der Waals surface area (Å²) in [5.74, 6) is -0.888. The summed E-state index contributed by atoms with van der Waals surface area (Å²) in [7, 11) is 0. The number of rotatable bonds is 3. The van der Waals surface area contributed by atoms with Gasteiger partial charge in [0.25, 0.3) is 0 Å². The smallest absolute Gasteiger partial charge is 0.309 e. The van der Waals surface area contributed by atoms with Crippen molar-refractivity contribution < 1.29 is 14.3 Å². The molecule has 4 heteroatoms. The second-order valence-corrected chi connectivity index (χ2v) is 5.72. The lowest BCUT2D eigenvalue weighted by Gasteiger charge is -2.25. The summed E-state index contributed by atoms with van der Waals surface area (Å²) in [6.45, 7) is 2.04. The molecule has 0 spiro atoms. The second-order valence-electron chi connectivity index (χ2n) is 5.31. The first-order valence-electron chi connectivity index (χ1n) is 6.11. The minimum atomic E-state index is -0.856. The van der Waals surface area contributed by atoms with Crippen LogP contribution >= 0.6 is 11.6 Å². The van der Waals surface area contributed by atoms with Gasteiger partial charge in [0.15, 0.2) is 0 Å². The van der Waals surface area contributed by atoms with Crippen molar-refractivity contribution >= 4 is 17.6 Å². The fourth-order valence-electron chi connectivity index (χ4n) is 2.86. The summed E-state index contributed by atoms with van der Waals surface area (Å²) in [6, 6.07) is 4.47. The van der Waals surface area contributed by atoms with Crippen LogP contribution in [0.4, 0.5) is 4.39 Å². The number of benzene rings is 1. The highest BCUT2D eigenvalue weighted by Gasteiger charge is 2.44. The van der Waals surface area contributed by atoms with Crippen molar-refractivity contribution in [3.63, 3.8) is 0 Å². The Labute approximate surface area is 111 Å². The third kappa shape index (κ3) is 2.37. The molecule has 1 aliphatic rings. The van der Waals surface area contributed by atoms with Gasteiger partial charge in [0.2, 0.25) is 0 Å². The van der Waals surface area contributed by atoms with E-state index in [9.17, 15) is 14.3 Å².